The Morgan fingerprint density at radius 1 is 0.698 bits per heavy atom. The Kier molecular flexibility index (Phi) is 12.8. The highest BCUT2D eigenvalue weighted by Gasteiger charge is 2.68. The van der Waals surface area contributed by atoms with E-state index in [0.29, 0.717) is 29.1 Å². The molecule has 3 heterocycles. The minimum atomic E-state index is -2.02. The second kappa shape index (κ2) is 16.7. The van der Waals surface area contributed by atoms with Gasteiger partial charge < -0.3 is 74.4 Å². The number of carboxylic acid groups (broad SMARTS) is 1. The average Bonchev–Trinajstić information content (AvgIpc) is 3.21. The average molecular weight is 897 g/mol. The number of aliphatic carboxylic acids is 1. The van der Waals surface area contributed by atoms with Gasteiger partial charge in [0.05, 0.1) is 19.3 Å². The van der Waals surface area contributed by atoms with Crippen molar-refractivity contribution in [3.05, 3.63) is 11.6 Å². The molecule has 0 aromatic rings. The number of allylic oxidation sites excluding steroid dienone is 2. The van der Waals surface area contributed by atoms with E-state index in [2.05, 4.69) is 61.5 Å². The predicted molar refractivity (Wildman–Crippen MR) is 223 cm³/mol. The van der Waals surface area contributed by atoms with Crippen molar-refractivity contribution >= 4 is 5.97 Å². The summed E-state index contributed by atoms with van der Waals surface area (Å²) in [5.74, 6) is -0.380. The Bertz CT molecular complexity index is 1720. The Balaban J connectivity index is 1.09. The van der Waals surface area contributed by atoms with E-state index in [1.54, 1.807) is 5.57 Å². The molecule has 16 heteroatoms. The summed E-state index contributed by atoms with van der Waals surface area (Å²) in [4.78, 5) is 12.7. The third-order valence-corrected chi connectivity index (χ3v) is 18.9. The fourth-order valence-electron chi connectivity index (χ4n) is 14.7. The molecule has 0 unspecified atom stereocenters. The van der Waals surface area contributed by atoms with Crippen LogP contribution < -0.4 is 0 Å². The van der Waals surface area contributed by atoms with Crippen molar-refractivity contribution in [2.45, 2.75) is 212 Å². The Labute approximate surface area is 371 Å². The molecule has 16 nitrogen and oxygen atoms in total. The van der Waals surface area contributed by atoms with Gasteiger partial charge in [-0.3, -0.25) is 0 Å². The molecule has 3 aliphatic heterocycles. The quantitative estimate of drug-likeness (QED) is 0.125. The standard InChI is InChI=1S/C47H76O16/c1-42(2)15-16-44(5)17-18-46(7)22(23(44)19-42)9-10-27-45(6)13-12-28(43(3,4)26(45)11-14-47(27,46)8)60-41-37(63-40-33(54)31(52)30(51)25(20-48)59-40)35(34(55)36(62-41)38(56)57)61-39-32(53)29(50)24(49)21-58-39/h9,23-37,39-41,48-55H,10-21H2,1-8H3,(H,56,57)/t23-,24+,25+,26-,27+,28-,29-,30-,31-,32+,33+,34-,35-,36-,37+,39-,40-,41+,44+,45-,46+,47+/m0/s1. The van der Waals surface area contributed by atoms with Crippen molar-refractivity contribution in [3.63, 3.8) is 0 Å². The second-order valence-electron chi connectivity index (χ2n) is 23.3. The van der Waals surface area contributed by atoms with E-state index < -0.39 is 117 Å². The van der Waals surface area contributed by atoms with Crippen LogP contribution in [0.25, 0.3) is 0 Å². The number of fused-ring (bicyclic) bond motifs is 7. The van der Waals surface area contributed by atoms with Crippen molar-refractivity contribution in [2.24, 2.45) is 50.2 Å². The topological polar surface area (TPSA) is 255 Å². The number of aliphatic hydroxyl groups excluding tert-OH is 8. The molecule has 8 rings (SSSR count). The first-order valence-electron chi connectivity index (χ1n) is 23.5. The number of hydrogen-bond acceptors (Lipinski definition) is 15. The van der Waals surface area contributed by atoms with E-state index in [1.165, 1.54) is 32.1 Å². The zero-order chi connectivity index (χ0) is 46.0. The second-order valence-corrected chi connectivity index (χ2v) is 23.3. The zero-order valence-electron chi connectivity index (χ0n) is 38.3. The van der Waals surface area contributed by atoms with Crippen molar-refractivity contribution in [1.82, 2.24) is 0 Å². The first-order valence-corrected chi connectivity index (χ1v) is 23.5. The van der Waals surface area contributed by atoms with Crippen LogP contribution in [-0.2, 0) is 33.2 Å². The Morgan fingerprint density at radius 2 is 1.37 bits per heavy atom. The summed E-state index contributed by atoms with van der Waals surface area (Å²) in [7, 11) is 0. The molecule has 0 spiro atoms. The maximum atomic E-state index is 12.7. The number of ether oxygens (including phenoxy) is 6. The summed E-state index contributed by atoms with van der Waals surface area (Å²) in [6.45, 7) is 18.1. The first-order chi connectivity index (χ1) is 29.3. The molecule has 5 aliphatic carbocycles. The molecule has 7 fully saturated rings. The van der Waals surface area contributed by atoms with E-state index in [0.717, 1.165) is 25.7 Å². The van der Waals surface area contributed by atoms with Gasteiger partial charge in [-0.1, -0.05) is 67.0 Å². The van der Waals surface area contributed by atoms with Crippen LogP contribution in [0.4, 0.5) is 0 Å². The highest BCUT2D eigenvalue weighted by Crippen LogP contribution is 2.76. The minimum Gasteiger partial charge on any atom is -0.479 e. The van der Waals surface area contributed by atoms with Crippen LogP contribution >= 0.6 is 0 Å². The highest BCUT2D eigenvalue weighted by atomic mass is 16.8. The van der Waals surface area contributed by atoms with E-state index in [4.69, 9.17) is 28.4 Å². The molecule has 63 heavy (non-hydrogen) atoms. The molecule has 8 aliphatic rings. The van der Waals surface area contributed by atoms with Crippen LogP contribution in [0.5, 0.6) is 0 Å². The number of aliphatic hydroxyl groups is 8. The van der Waals surface area contributed by atoms with Gasteiger partial charge in [0.1, 0.15) is 61.0 Å². The van der Waals surface area contributed by atoms with Crippen molar-refractivity contribution < 1.29 is 79.2 Å². The van der Waals surface area contributed by atoms with E-state index >= 15 is 0 Å². The van der Waals surface area contributed by atoms with Crippen LogP contribution in [0.3, 0.4) is 0 Å². The van der Waals surface area contributed by atoms with Gasteiger partial charge in [0.15, 0.2) is 25.0 Å². The smallest absolute Gasteiger partial charge is 0.335 e. The lowest BCUT2D eigenvalue weighted by molar-refractivity contribution is -0.392. The zero-order valence-corrected chi connectivity index (χ0v) is 38.3. The lowest BCUT2D eigenvalue weighted by Gasteiger charge is -2.71. The summed E-state index contributed by atoms with van der Waals surface area (Å²) >= 11 is 0. The monoisotopic (exact) mass is 897 g/mol. The fourth-order valence-corrected chi connectivity index (χ4v) is 14.7. The van der Waals surface area contributed by atoms with Crippen molar-refractivity contribution in [2.75, 3.05) is 13.2 Å². The summed E-state index contributed by atoms with van der Waals surface area (Å²) in [6, 6.07) is 0. The summed E-state index contributed by atoms with van der Waals surface area (Å²) in [5.41, 5.74) is 1.93. The third-order valence-electron chi connectivity index (χ3n) is 18.9. The van der Waals surface area contributed by atoms with Crippen LogP contribution in [0, 0.1) is 50.2 Å². The summed E-state index contributed by atoms with van der Waals surface area (Å²) in [5, 5.41) is 95.6. The van der Waals surface area contributed by atoms with Gasteiger partial charge in [0, 0.05) is 0 Å². The number of carboxylic acids is 1. The maximum Gasteiger partial charge on any atom is 0.335 e. The molecule has 0 bridgehead atoms. The molecule has 360 valence electrons. The maximum absolute atomic E-state index is 12.7. The first kappa shape index (κ1) is 48.1. The van der Waals surface area contributed by atoms with Gasteiger partial charge in [-0.2, -0.15) is 0 Å². The molecule has 4 saturated carbocycles. The molecule has 0 radical (unpaired) electrons. The van der Waals surface area contributed by atoms with Gasteiger partial charge in [0.2, 0.25) is 0 Å². The van der Waals surface area contributed by atoms with Crippen LogP contribution in [0.1, 0.15) is 120 Å². The number of hydrogen-bond donors (Lipinski definition) is 9. The fraction of sp³-hybridized carbons (Fsp3) is 0.936. The van der Waals surface area contributed by atoms with Gasteiger partial charge in [-0.05, 0) is 114 Å². The van der Waals surface area contributed by atoms with E-state index in [1.807, 2.05) is 0 Å². The van der Waals surface area contributed by atoms with Gasteiger partial charge in [-0.15, -0.1) is 0 Å². The predicted octanol–water partition coefficient (Wildman–Crippen LogP) is 2.37. The summed E-state index contributed by atoms with van der Waals surface area (Å²) in [6.07, 6.45) is -11.6. The number of carbonyl (C=O) groups is 1. The molecular formula is C47H76O16. The third kappa shape index (κ3) is 7.70. The number of rotatable bonds is 8. The Morgan fingerprint density at radius 3 is 2.05 bits per heavy atom. The molecule has 0 aromatic carbocycles. The van der Waals surface area contributed by atoms with Gasteiger partial charge >= 0.3 is 5.97 Å². The SMILES string of the molecule is CC1(C)CC[C@]2(C)CC[C@]3(C)C(=CC[C@@H]4[C@@]5(C)CC[C@H](O[C@@H]6O[C@H](C(=O)O)[C@@H](O)[C@H](O[C@@H]7OC[C@@H](O)[C@H](O)[C@H]7O)[C@H]6O[C@@H]6O[C@H](CO)[C@H](O)[C@H](O)[C@H]6O)C(C)(C)[C@@H]5CC[C@]43C)[C@@H]2C1. The molecule has 9 N–H and O–H groups in total. The minimum absolute atomic E-state index is 0.0705. The lowest BCUT2D eigenvalue weighted by Crippen LogP contribution is -2.68. The Hall–Kier alpha value is -1.35. The van der Waals surface area contributed by atoms with Gasteiger partial charge in [0.25, 0.3) is 0 Å². The lowest BCUT2D eigenvalue weighted by atomic mass is 9.33. The molecule has 0 aromatic heterocycles. The van der Waals surface area contributed by atoms with Crippen LogP contribution in [0.15, 0.2) is 11.6 Å². The van der Waals surface area contributed by atoms with Crippen LogP contribution in [0.2, 0.25) is 0 Å². The molecule has 22 atom stereocenters. The summed E-state index contributed by atoms with van der Waals surface area (Å²) < 4.78 is 36.4. The van der Waals surface area contributed by atoms with E-state index in [-0.39, 0.29) is 22.2 Å². The molecular weight excluding hydrogens is 821 g/mol. The van der Waals surface area contributed by atoms with Crippen molar-refractivity contribution in [1.29, 1.82) is 0 Å². The van der Waals surface area contributed by atoms with Crippen LogP contribution in [-0.4, -0.2) is 157 Å². The molecule has 3 saturated heterocycles. The highest BCUT2D eigenvalue weighted by molar-refractivity contribution is 5.73. The molecule has 0 amide bonds. The van der Waals surface area contributed by atoms with E-state index in [9.17, 15) is 50.8 Å². The normalized spacial score (nSPS) is 54.1. The van der Waals surface area contributed by atoms with Gasteiger partial charge in [-0.25, -0.2) is 4.79 Å². The largest absolute Gasteiger partial charge is 0.479 e. The van der Waals surface area contributed by atoms with Crippen molar-refractivity contribution in [3.8, 4) is 0 Å².